The van der Waals surface area contributed by atoms with Gasteiger partial charge < -0.3 is 11.1 Å². The lowest BCUT2D eigenvalue weighted by Gasteiger charge is -2.06. The van der Waals surface area contributed by atoms with Crippen LogP contribution in [0.5, 0.6) is 0 Å². The first-order chi connectivity index (χ1) is 7.26. The summed E-state index contributed by atoms with van der Waals surface area (Å²) >= 11 is 1.85. The Morgan fingerprint density at radius 2 is 2.27 bits per heavy atom. The third-order valence-corrected chi connectivity index (χ3v) is 2.64. The predicted molar refractivity (Wildman–Crippen MR) is 67.3 cm³/mol. The highest BCUT2D eigenvalue weighted by atomic mass is 32.2. The maximum absolute atomic E-state index is 5.67. The van der Waals surface area contributed by atoms with Gasteiger partial charge in [-0.1, -0.05) is 6.92 Å². The van der Waals surface area contributed by atoms with Crippen molar-refractivity contribution in [2.45, 2.75) is 19.8 Å². The van der Waals surface area contributed by atoms with E-state index in [0.29, 0.717) is 5.82 Å². The standard InChI is InChI=1S/C10H18N4S/c1-3-9-13-8(11)7-10(14-9)12-5-4-6-15-2/h7H,3-6H2,1-2H3,(H3,11,12,13,14). The number of nitrogens with one attached hydrogen (secondary N) is 1. The van der Waals surface area contributed by atoms with E-state index < -0.39 is 0 Å². The summed E-state index contributed by atoms with van der Waals surface area (Å²) in [5.41, 5.74) is 5.67. The van der Waals surface area contributed by atoms with E-state index in [-0.39, 0.29) is 0 Å². The Bertz CT molecular complexity index is 303. The molecule has 0 aromatic carbocycles. The number of hydrogen-bond donors (Lipinski definition) is 2. The molecule has 3 N–H and O–H groups in total. The number of aryl methyl sites for hydroxylation is 1. The van der Waals surface area contributed by atoms with E-state index in [1.54, 1.807) is 6.07 Å². The maximum atomic E-state index is 5.67. The number of aromatic nitrogens is 2. The molecule has 1 aromatic heterocycles. The van der Waals surface area contributed by atoms with Crippen LogP contribution >= 0.6 is 11.8 Å². The number of nitrogen functional groups attached to an aromatic ring is 1. The molecule has 0 aliphatic rings. The molecule has 5 heteroatoms. The fourth-order valence-corrected chi connectivity index (χ4v) is 1.63. The first-order valence-corrected chi connectivity index (χ1v) is 6.52. The van der Waals surface area contributed by atoms with E-state index in [1.165, 1.54) is 0 Å². The summed E-state index contributed by atoms with van der Waals surface area (Å²) in [7, 11) is 0. The largest absolute Gasteiger partial charge is 0.384 e. The molecule has 0 radical (unpaired) electrons. The van der Waals surface area contributed by atoms with Gasteiger partial charge in [-0.2, -0.15) is 11.8 Å². The smallest absolute Gasteiger partial charge is 0.132 e. The predicted octanol–water partition coefficient (Wildman–Crippen LogP) is 1.79. The van der Waals surface area contributed by atoms with Gasteiger partial charge in [-0.3, -0.25) is 0 Å². The summed E-state index contributed by atoms with van der Waals surface area (Å²) in [6.45, 7) is 2.95. The van der Waals surface area contributed by atoms with Crippen LogP contribution in [0.4, 0.5) is 11.6 Å². The van der Waals surface area contributed by atoms with Gasteiger partial charge in [0.05, 0.1) is 0 Å². The summed E-state index contributed by atoms with van der Waals surface area (Å²) in [5, 5.41) is 3.25. The minimum Gasteiger partial charge on any atom is -0.384 e. The Morgan fingerprint density at radius 1 is 1.47 bits per heavy atom. The van der Waals surface area contributed by atoms with E-state index >= 15 is 0 Å². The van der Waals surface area contributed by atoms with Crippen LogP contribution in [0.3, 0.4) is 0 Å². The number of hydrogen-bond acceptors (Lipinski definition) is 5. The zero-order valence-electron chi connectivity index (χ0n) is 9.29. The molecular formula is C10H18N4S. The number of nitrogens with two attached hydrogens (primary N) is 1. The summed E-state index contributed by atoms with van der Waals surface area (Å²) in [6.07, 6.45) is 4.05. The lowest BCUT2D eigenvalue weighted by molar-refractivity contribution is 0.924. The molecule has 0 fully saturated rings. The van der Waals surface area contributed by atoms with Crippen LogP contribution in [0.2, 0.25) is 0 Å². The van der Waals surface area contributed by atoms with Gasteiger partial charge in [0.15, 0.2) is 0 Å². The zero-order chi connectivity index (χ0) is 11.1. The minimum absolute atomic E-state index is 0.536. The lowest BCUT2D eigenvalue weighted by atomic mass is 10.4. The molecule has 0 spiro atoms. The highest BCUT2D eigenvalue weighted by molar-refractivity contribution is 7.98. The maximum Gasteiger partial charge on any atom is 0.132 e. The Morgan fingerprint density at radius 3 is 2.93 bits per heavy atom. The first kappa shape index (κ1) is 12.1. The van der Waals surface area contributed by atoms with Crippen molar-refractivity contribution in [3.63, 3.8) is 0 Å². The molecule has 0 unspecified atom stereocenters. The van der Waals surface area contributed by atoms with Crippen molar-refractivity contribution in [2.75, 3.05) is 29.6 Å². The van der Waals surface area contributed by atoms with Crippen LogP contribution in [-0.4, -0.2) is 28.5 Å². The molecule has 0 amide bonds. The number of thioether (sulfide) groups is 1. The van der Waals surface area contributed by atoms with E-state index in [4.69, 9.17) is 5.73 Å². The van der Waals surface area contributed by atoms with Crippen molar-refractivity contribution in [1.82, 2.24) is 9.97 Å². The van der Waals surface area contributed by atoms with Crippen molar-refractivity contribution >= 4 is 23.4 Å². The number of nitrogens with zero attached hydrogens (tertiary/aromatic N) is 2. The van der Waals surface area contributed by atoms with Gasteiger partial charge >= 0.3 is 0 Å². The van der Waals surface area contributed by atoms with Crippen LogP contribution in [-0.2, 0) is 6.42 Å². The Labute approximate surface area is 95.1 Å². The van der Waals surface area contributed by atoms with Crippen molar-refractivity contribution in [3.05, 3.63) is 11.9 Å². The molecule has 1 aromatic rings. The van der Waals surface area contributed by atoms with Gasteiger partial charge in [0.25, 0.3) is 0 Å². The van der Waals surface area contributed by atoms with Crippen LogP contribution in [0.25, 0.3) is 0 Å². The molecule has 0 saturated heterocycles. The second-order valence-electron chi connectivity index (χ2n) is 3.22. The van der Waals surface area contributed by atoms with Crippen LogP contribution in [0.15, 0.2) is 6.07 Å². The van der Waals surface area contributed by atoms with Crippen molar-refractivity contribution < 1.29 is 0 Å². The highest BCUT2D eigenvalue weighted by Gasteiger charge is 1.99. The Hall–Kier alpha value is -0.970. The summed E-state index contributed by atoms with van der Waals surface area (Å²) in [6, 6.07) is 1.78. The fourth-order valence-electron chi connectivity index (χ4n) is 1.20. The van der Waals surface area contributed by atoms with E-state index in [0.717, 1.165) is 36.8 Å². The van der Waals surface area contributed by atoms with Crippen LogP contribution in [0.1, 0.15) is 19.2 Å². The zero-order valence-corrected chi connectivity index (χ0v) is 10.1. The lowest BCUT2D eigenvalue weighted by Crippen LogP contribution is -2.07. The highest BCUT2D eigenvalue weighted by Crippen LogP contribution is 2.08. The molecule has 0 bridgehead atoms. The fraction of sp³-hybridized carbons (Fsp3) is 0.600. The van der Waals surface area contributed by atoms with Gasteiger partial charge in [-0.15, -0.1) is 0 Å². The molecule has 84 valence electrons. The topological polar surface area (TPSA) is 63.8 Å². The van der Waals surface area contributed by atoms with Crippen LogP contribution < -0.4 is 11.1 Å². The molecule has 0 atom stereocenters. The quantitative estimate of drug-likeness (QED) is 0.724. The second-order valence-corrected chi connectivity index (χ2v) is 4.21. The Kier molecular flexibility index (Phi) is 5.25. The van der Waals surface area contributed by atoms with Crippen molar-refractivity contribution in [1.29, 1.82) is 0 Å². The third kappa shape index (κ3) is 4.38. The van der Waals surface area contributed by atoms with Gasteiger partial charge in [-0.05, 0) is 18.4 Å². The summed E-state index contributed by atoms with van der Waals surface area (Å²) < 4.78 is 0. The average molecular weight is 226 g/mol. The van der Waals surface area contributed by atoms with Gasteiger partial charge in [0, 0.05) is 19.0 Å². The van der Waals surface area contributed by atoms with Crippen molar-refractivity contribution in [3.8, 4) is 0 Å². The number of rotatable bonds is 6. The molecule has 1 heterocycles. The molecule has 1 rings (SSSR count). The molecule has 0 aliphatic carbocycles. The number of anilines is 2. The van der Waals surface area contributed by atoms with E-state index in [9.17, 15) is 0 Å². The van der Waals surface area contributed by atoms with E-state index in [2.05, 4.69) is 21.5 Å². The average Bonchev–Trinajstić information content (AvgIpc) is 2.23. The normalized spacial score (nSPS) is 10.3. The van der Waals surface area contributed by atoms with Crippen molar-refractivity contribution in [2.24, 2.45) is 0 Å². The molecular weight excluding hydrogens is 208 g/mol. The molecule has 15 heavy (non-hydrogen) atoms. The minimum atomic E-state index is 0.536. The SMILES string of the molecule is CCc1nc(N)cc(NCCCSC)n1. The molecule has 4 nitrogen and oxygen atoms in total. The Balaban J connectivity index is 2.49. The molecule has 0 aliphatic heterocycles. The van der Waals surface area contributed by atoms with Gasteiger partial charge in [0.2, 0.25) is 0 Å². The summed E-state index contributed by atoms with van der Waals surface area (Å²) in [5.74, 6) is 3.32. The van der Waals surface area contributed by atoms with E-state index in [1.807, 2.05) is 18.7 Å². The second kappa shape index (κ2) is 6.50. The third-order valence-electron chi connectivity index (χ3n) is 1.94. The molecule has 0 saturated carbocycles. The van der Waals surface area contributed by atoms with Gasteiger partial charge in [0.1, 0.15) is 17.5 Å². The summed E-state index contributed by atoms with van der Waals surface area (Å²) in [4.78, 5) is 8.46. The monoisotopic (exact) mass is 226 g/mol. The van der Waals surface area contributed by atoms with Crippen LogP contribution in [0, 0.1) is 0 Å². The van der Waals surface area contributed by atoms with Gasteiger partial charge in [-0.25, -0.2) is 9.97 Å². The first-order valence-electron chi connectivity index (χ1n) is 5.12.